The van der Waals surface area contributed by atoms with Crippen LogP contribution in [0.5, 0.6) is 0 Å². The van der Waals surface area contributed by atoms with Crippen molar-refractivity contribution >= 4 is 22.6 Å². The number of fused-ring (bicyclic) bond motifs is 1. The summed E-state index contributed by atoms with van der Waals surface area (Å²) in [5, 5.41) is 3.09. The lowest BCUT2D eigenvalue weighted by Crippen LogP contribution is -2.25. The van der Waals surface area contributed by atoms with Gasteiger partial charge in [0.15, 0.2) is 11.6 Å². The van der Waals surface area contributed by atoms with Gasteiger partial charge in [0.05, 0.1) is 17.3 Å². The highest BCUT2D eigenvalue weighted by Crippen LogP contribution is 2.30. The number of anilines is 1. The predicted molar refractivity (Wildman–Crippen MR) is 107 cm³/mol. The fourth-order valence-corrected chi connectivity index (χ4v) is 3.37. The lowest BCUT2D eigenvalue weighted by Gasteiger charge is -2.19. The molecule has 2 heterocycles. The molecule has 0 aliphatic rings. The number of furan rings is 1. The molecule has 1 atom stereocenters. The number of imidazole rings is 1. The normalized spacial score (nSPS) is 12.3. The van der Waals surface area contributed by atoms with E-state index in [1.54, 1.807) is 6.26 Å². The zero-order valence-corrected chi connectivity index (χ0v) is 15.6. The van der Waals surface area contributed by atoms with E-state index in [4.69, 9.17) is 4.42 Å². The van der Waals surface area contributed by atoms with Crippen molar-refractivity contribution in [3.63, 3.8) is 0 Å². The van der Waals surface area contributed by atoms with Gasteiger partial charge in [-0.05, 0) is 56.2 Å². The highest BCUT2D eigenvalue weighted by Gasteiger charge is 2.24. The number of hydrogen-bond donors (Lipinski definition) is 1. The molecule has 4 rings (SSSR count). The van der Waals surface area contributed by atoms with E-state index < -0.39 is 6.04 Å². The molecule has 2 aromatic carbocycles. The van der Waals surface area contributed by atoms with Crippen molar-refractivity contribution in [2.75, 3.05) is 5.32 Å². The van der Waals surface area contributed by atoms with Gasteiger partial charge < -0.3 is 14.3 Å². The van der Waals surface area contributed by atoms with Crippen molar-refractivity contribution < 1.29 is 9.21 Å². The highest BCUT2D eigenvalue weighted by molar-refractivity contribution is 5.96. The first-order valence-corrected chi connectivity index (χ1v) is 8.94. The number of aryl methyl sites for hydroxylation is 2. The van der Waals surface area contributed by atoms with Crippen molar-refractivity contribution in [2.24, 2.45) is 0 Å². The SMILES string of the molecule is Cc1cccc(C)c1NC(=O)[C@@H](C)n1c(-c2ccco2)nc2ccccc21. The molecule has 2 aromatic heterocycles. The summed E-state index contributed by atoms with van der Waals surface area (Å²) in [5.41, 5.74) is 4.66. The van der Waals surface area contributed by atoms with Gasteiger partial charge in [-0.3, -0.25) is 4.79 Å². The average Bonchev–Trinajstić information content (AvgIpc) is 3.31. The summed E-state index contributed by atoms with van der Waals surface area (Å²) in [6.45, 7) is 5.87. The number of aromatic nitrogens is 2. The molecule has 136 valence electrons. The monoisotopic (exact) mass is 359 g/mol. The van der Waals surface area contributed by atoms with Crippen LogP contribution in [0.4, 0.5) is 5.69 Å². The molecule has 4 aromatic rings. The first kappa shape index (κ1) is 17.1. The maximum Gasteiger partial charge on any atom is 0.247 e. The first-order valence-electron chi connectivity index (χ1n) is 8.94. The second kappa shape index (κ2) is 6.76. The van der Waals surface area contributed by atoms with Gasteiger partial charge in [-0.25, -0.2) is 4.98 Å². The molecule has 0 bridgehead atoms. The Morgan fingerprint density at radius 2 is 1.78 bits per heavy atom. The van der Waals surface area contributed by atoms with Crippen molar-refractivity contribution in [2.45, 2.75) is 26.8 Å². The van der Waals surface area contributed by atoms with Crippen molar-refractivity contribution in [3.05, 3.63) is 72.0 Å². The molecule has 0 saturated carbocycles. The van der Waals surface area contributed by atoms with Crippen LogP contribution in [0.1, 0.15) is 24.1 Å². The highest BCUT2D eigenvalue weighted by atomic mass is 16.3. The Morgan fingerprint density at radius 3 is 2.48 bits per heavy atom. The van der Waals surface area contributed by atoms with E-state index >= 15 is 0 Å². The standard InChI is InChI=1S/C22H21N3O2/c1-14-8-6-9-15(2)20(14)24-22(26)16(3)25-18-11-5-4-10-17(18)23-21(25)19-12-7-13-27-19/h4-13,16H,1-3H3,(H,24,26)/t16-/m1/s1. The van der Waals surface area contributed by atoms with Crippen molar-refractivity contribution in [3.8, 4) is 11.6 Å². The molecule has 5 nitrogen and oxygen atoms in total. The van der Waals surface area contributed by atoms with Crippen LogP contribution in [0.25, 0.3) is 22.6 Å². The van der Waals surface area contributed by atoms with E-state index in [-0.39, 0.29) is 5.91 Å². The largest absolute Gasteiger partial charge is 0.461 e. The summed E-state index contributed by atoms with van der Waals surface area (Å²) in [4.78, 5) is 17.8. The number of amides is 1. The number of rotatable bonds is 4. The lowest BCUT2D eigenvalue weighted by molar-refractivity contribution is -0.118. The number of para-hydroxylation sites is 3. The number of carbonyl (C=O) groups excluding carboxylic acids is 1. The number of nitrogens with zero attached hydrogens (tertiary/aromatic N) is 2. The van der Waals surface area contributed by atoms with E-state index in [2.05, 4.69) is 10.3 Å². The second-order valence-corrected chi connectivity index (χ2v) is 6.70. The Balaban J connectivity index is 1.77. The molecular formula is C22H21N3O2. The van der Waals surface area contributed by atoms with Crippen LogP contribution in [-0.4, -0.2) is 15.5 Å². The maximum absolute atomic E-state index is 13.1. The van der Waals surface area contributed by atoms with Gasteiger partial charge in [-0.15, -0.1) is 0 Å². The van der Waals surface area contributed by atoms with Crippen LogP contribution < -0.4 is 5.32 Å². The van der Waals surface area contributed by atoms with E-state index in [0.717, 1.165) is 27.8 Å². The van der Waals surface area contributed by atoms with E-state index in [1.807, 2.05) is 79.9 Å². The molecular weight excluding hydrogens is 338 g/mol. The summed E-state index contributed by atoms with van der Waals surface area (Å²) in [6.07, 6.45) is 1.61. The fourth-order valence-electron chi connectivity index (χ4n) is 3.37. The van der Waals surface area contributed by atoms with Gasteiger partial charge in [-0.1, -0.05) is 30.3 Å². The number of benzene rings is 2. The Labute approximate surface area is 157 Å². The summed E-state index contributed by atoms with van der Waals surface area (Å²) in [7, 11) is 0. The topological polar surface area (TPSA) is 60.1 Å². The molecule has 0 saturated heterocycles. The lowest BCUT2D eigenvalue weighted by atomic mass is 10.1. The Morgan fingerprint density at radius 1 is 1.04 bits per heavy atom. The van der Waals surface area contributed by atoms with Crippen LogP contribution >= 0.6 is 0 Å². The summed E-state index contributed by atoms with van der Waals surface area (Å²) in [5.74, 6) is 1.19. The zero-order chi connectivity index (χ0) is 19.0. The van der Waals surface area contributed by atoms with Crippen molar-refractivity contribution in [1.29, 1.82) is 0 Å². The quantitative estimate of drug-likeness (QED) is 0.550. The molecule has 0 aliphatic carbocycles. The molecule has 0 spiro atoms. The third kappa shape index (κ3) is 3.01. The maximum atomic E-state index is 13.1. The molecule has 27 heavy (non-hydrogen) atoms. The minimum atomic E-state index is -0.462. The Hall–Kier alpha value is -3.34. The van der Waals surface area contributed by atoms with Gasteiger partial charge in [0.1, 0.15) is 6.04 Å². The van der Waals surface area contributed by atoms with Gasteiger partial charge in [0, 0.05) is 5.69 Å². The molecule has 0 fully saturated rings. The van der Waals surface area contributed by atoms with Gasteiger partial charge >= 0.3 is 0 Å². The minimum absolute atomic E-state index is 0.0941. The van der Waals surface area contributed by atoms with E-state index in [9.17, 15) is 4.79 Å². The fraction of sp³-hybridized carbons (Fsp3) is 0.182. The third-order valence-electron chi connectivity index (χ3n) is 4.83. The van der Waals surface area contributed by atoms with Gasteiger partial charge in [0.2, 0.25) is 5.91 Å². The number of nitrogens with one attached hydrogen (secondary N) is 1. The van der Waals surface area contributed by atoms with Crippen LogP contribution in [0.3, 0.4) is 0 Å². The molecule has 0 radical (unpaired) electrons. The summed E-state index contributed by atoms with van der Waals surface area (Å²) < 4.78 is 7.49. The molecule has 1 amide bonds. The Bertz CT molecular complexity index is 1090. The van der Waals surface area contributed by atoms with Crippen LogP contribution in [0.2, 0.25) is 0 Å². The number of hydrogen-bond acceptors (Lipinski definition) is 3. The molecule has 5 heteroatoms. The Kier molecular flexibility index (Phi) is 4.28. The molecule has 0 aliphatic heterocycles. The summed E-state index contributed by atoms with van der Waals surface area (Å²) >= 11 is 0. The molecule has 1 N–H and O–H groups in total. The minimum Gasteiger partial charge on any atom is -0.461 e. The van der Waals surface area contributed by atoms with Gasteiger partial charge in [0.25, 0.3) is 0 Å². The van der Waals surface area contributed by atoms with Crippen LogP contribution in [-0.2, 0) is 4.79 Å². The van der Waals surface area contributed by atoms with Crippen LogP contribution in [0, 0.1) is 13.8 Å². The zero-order valence-electron chi connectivity index (χ0n) is 15.6. The molecule has 0 unspecified atom stereocenters. The van der Waals surface area contributed by atoms with E-state index in [0.29, 0.717) is 11.6 Å². The smallest absolute Gasteiger partial charge is 0.247 e. The number of carbonyl (C=O) groups is 1. The second-order valence-electron chi connectivity index (χ2n) is 6.70. The van der Waals surface area contributed by atoms with Crippen LogP contribution in [0.15, 0.2) is 65.3 Å². The van der Waals surface area contributed by atoms with Gasteiger partial charge in [-0.2, -0.15) is 0 Å². The predicted octanol–water partition coefficient (Wildman–Crippen LogP) is 5.11. The van der Waals surface area contributed by atoms with E-state index in [1.165, 1.54) is 0 Å². The first-order chi connectivity index (χ1) is 13.1. The summed E-state index contributed by atoms with van der Waals surface area (Å²) in [6, 6.07) is 17.0. The third-order valence-corrected chi connectivity index (χ3v) is 4.83. The average molecular weight is 359 g/mol. The van der Waals surface area contributed by atoms with Crippen molar-refractivity contribution in [1.82, 2.24) is 9.55 Å².